The van der Waals surface area contributed by atoms with Crippen LogP contribution in [0.4, 0.5) is 18.9 Å². The molecule has 1 atom stereocenters. The van der Waals surface area contributed by atoms with Gasteiger partial charge in [-0.25, -0.2) is 12.7 Å². The highest BCUT2D eigenvalue weighted by molar-refractivity contribution is 7.89. The van der Waals surface area contributed by atoms with Gasteiger partial charge in [-0.05, 0) is 55.7 Å². The standard InChI is InChI=1S/C22H26F3N3O3S/c1-15(16-6-4-7-17(12-16)22(23,24)25)28(19-10-11-19)14-21(29)26-18-8-5-9-20(13-18)32(30,31)27(2)3/h4-9,12-13,15,19H,10-11,14H2,1-3H3,(H,26,29)/t15-/m1/s1. The van der Waals surface area contributed by atoms with E-state index in [0.29, 0.717) is 11.3 Å². The van der Waals surface area contributed by atoms with Gasteiger partial charge in [-0.1, -0.05) is 18.2 Å². The molecule has 2 aromatic rings. The number of amides is 1. The summed E-state index contributed by atoms with van der Waals surface area (Å²) in [7, 11) is -0.808. The molecule has 1 aliphatic rings. The van der Waals surface area contributed by atoms with Crippen molar-refractivity contribution >= 4 is 21.6 Å². The fraction of sp³-hybridized carbons (Fsp3) is 0.409. The Morgan fingerprint density at radius 2 is 1.78 bits per heavy atom. The van der Waals surface area contributed by atoms with Gasteiger partial charge in [0.05, 0.1) is 17.0 Å². The molecule has 0 saturated heterocycles. The number of alkyl halides is 3. The summed E-state index contributed by atoms with van der Waals surface area (Å²) in [4.78, 5) is 14.7. The number of benzene rings is 2. The van der Waals surface area contributed by atoms with Crippen LogP contribution in [0.25, 0.3) is 0 Å². The molecule has 0 radical (unpaired) electrons. The maximum atomic E-state index is 13.1. The lowest BCUT2D eigenvalue weighted by atomic mass is 10.0. The van der Waals surface area contributed by atoms with Crippen LogP contribution >= 0.6 is 0 Å². The number of anilines is 1. The summed E-state index contributed by atoms with van der Waals surface area (Å²) in [5, 5.41) is 2.70. The van der Waals surface area contributed by atoms with Crippen LogP contribution in [-0.4, -0.2) is 50.2 Å². The third-order valence-electron chi connectivity index (χ3n) is 5.43. The Hall–Kier alpha value is -2.43. The molecule has 2 aromatic carbocycles. The summed E-state index contributed by atoms with van der Waals surface area (Å²) >= 11 is 0. The first-order valence-electron chi connectivity index (χ1n) is 10.1. The Labute approximate surface area is 186 Å². The number of carbonyl (C=O) groups is 1. The van der Waals surface area contributed by atoms with Crippen LogP contribution in [0.2, 0.25) is 0 Å². The third-order valence-corrected chi connectivity index (χ3v) is 7.24. The van der Waals surface area contributed by atoms with Gasteiger partial charge in [0.25, 0.3) is 0 Å². The monoisotopic (exact) mass is 469 g/mol. The molecule has 0 aliphatic heterocycles. The molecule has 1 aliphatic carbocycles. The van der Waals surface area contributed by atoms with E-state index in [2.05, 4.69) is 5.32 Å². The van der Waals surface area contributed by atoms with Crippen molar-refractivity contribution in [3.8, 4) is 0 Å². The molecule has 32 heavy (non-hydrogen) atoms. The lowest BCUT2D eigenvalue weighted by molar-refractivity contribution is -0.137. The van der Waals surface area contributed by atoms with Crippen LogP contribution in [0, 0.1) is 0 Å². The predicted molar refractivity (Wildman–Crippen MR) is 116 cm³/mol. The molecule has 174 valence electrons. The van der Waals surface area contributed by atoms with Gasteiger partial charge in [-0.2, -0.15) is 13.2 Å². The normalized spacial score (nSPS) is 15.8. The first-order chi connectivity index (χ1) is 14.9. The van der Waals surface area contributed by atoms with E-state index in [4.69, 9.17) is 0 Å². The zero-order valence-corrected chi connectivity index (χ0v) is 18.9. The average molecular weight is 470 g/mol. The predicted octanol–water partition coefficient (Wildman–Crippen LogP) is 4.12. The number of halogens is 3. The Balaban J connectivity index is 1.75. The second kappa shape index (κ2) is 9.21. The third kappa shape index (κ3) is 5.67. The van der Waals surface area contributed by atoms with Crippen molar-refractivity contribution in [2.75, 3.05) is 26.0 Å². The van der Waals surface area contributed by atoms with Crippen molar-refractivity contribution in [1.29, 1.82) is 0 Å². The van der Waals surface area contributed by atoms with Crippen LogP contribution in [0.3, 0.4) is 0 Å². The molecule has 3 rings (SSSR count). The molecule has 10 heteroatoms. The first-order valence-corrected chi connectivity index (χ1v) is 11.6. The highest BCUT2D eigenvalue weighted by Crippen LogP contribution is 2.36. The van der Waals surface area contributed by atoms with E-state index in [0.717, 1.165) is 29.3 Å². The second-order valence-corrected chi connectivity index (χ2v) is 10.2. The fourth-order valence-electron chi connectivity index (χ4n) is 3.47. The Bertz CT molecular complexity index is 1080. The summed E-state index contributed by atoms with van der Waals surface area (Å²) in [6.45, 7) is 1.76. The largest absolute Gasteiger partial charge is 0.416 e. The number of nitrogens with one attached hydrogen (secondary N) is 1. The molecular formula is C22H26F3N3O3S. The molecule has 1 amide bonds. The van der Waals surface area contributed by atoms with Crippen LogP contribution in [0.15, 0.2) is 53.4 Å². The highest BCUT2D eigenvalue weighted by atomic mass is 32.2. The summed E-state index contributed by atoms with van der Waals surface area (Å²) in [5.74, 6) is -0.366. The minimum Gasteiger partial charge on any atom is -0.325 e. The van der Waals surface area contributed by atoms with E-state index in [1.807, 2.05) is 4.90 Å². The second-order valence-electron chi connectivity index (χ2n) is 8.07. The number of rotatable bonds is 8. The van der Waals surface area contributed by atoms with E-state index in [1.165, 1.54) is 38.4 Å². The molecule has 0 aromatic heterocycles. The van der Waals surface area contributed by atoms with Gasteiger partial charge in [0.1, 0.15) is 0 Å². The van der Waals surface area contributed by atoms with E-state index in [1.54, 1.807) is 19.1 Å². The van der Waals surface area contributed by atoms with E-state index in [-0.39, 0.29) is 23.4 Å². The van der Waals surface area contributed by atoms with Gasteiger partial charge in [-0.15, -0.1) is 0 Å². The summed E-state index contributed by atoms with van der Waals surface area (Å²) in [5.41, 5.74) is 0.0972. The minimum absolute atomic E-state index is 0.0211. The van der Waals surface area contributed by atoms with Gasteiger partial charge < -0.3 is 5.32 Å². The zero-order valence-electron chi connectivity index (χ0n) is 18.1. The van der Waals surface area contributed by atoms with Crippen molar-refractivity contribution in [3.05, 3.63) is 59.7 Å². The molecule has 6 nitrogen and oxygen atoms in total. The van der Waals surface area contributed by atoms with Gasteiger partial charge in [0, 0.05) is 31.9 Å². The molecule has 1 saturated carbocycles. The Kier molecular flexibility index (Phi) is 6.97. The summed E-state index contributed by atoms with van der Waals surface area (Å²) in [6, 6.07) is 10.8. The summed E-state index contributed by atoms with van der Waals surface area (Å²) in [6.07, 6.45) is -2.70. The van der Waals surface area contributed by atoms with E-state index in [9.17, 15) is 26.4 Å². The maximum absolute atomic E-state index is 13.1. The van der Waals surface area contributed by atoms with Crippen molar-refractivity contribution in [2.24, 2.45) is 0 Å². The Morgan fingerprint density at radius 3 is 2.38 bits per heavy atom. The zero-order chi connectivity index (χ0) is 23.7. The topological polar surface area (TPSA) is 69.7 Å². The van der Waals surface area contributed by atoms with Crippen LogP contribution in [0.1, 0.15) is 36.9 Å². The molecule has 1 N–H and O–H groups in total. The van der Waals surface area contributed by atoms with Crippen molar-refractivity contribution in [2.45, 2.75) is 42.9 Å². The van der Waals surface area contributed by atoms with Gasteiger partial charge in [0.2, 0.25) is 15.9 Å². The molecule has 0 unspecified atom stereocenters. The maximum Gasteiger partial charge on any atom is 0.416 e. The SMILES string of the molecule is C[C@H](c1cccc(C(F)(F)F)c1)N(CC(=O)Nc1cccc(S(=O)(=O)N(C)C)c1)C1CC1. The van der Waals surface area contributed by atoms with Gasteiger partial charge in [-0.3, -0.25) is 9.69 Å². The number of sulfonamides is 1. The number of carbonyl (C=O) groups excluding carboxylic acids is 1. The molecular weight excluding hydrogens is 443 g/mol. The first kappa shape index (κ1) is 24.2. The van der Waals surface area contributed by atoms with Crippen molar-refractivity contribution < 1.29 is 26.4 Å². The minimum atomic E-state index is -4.44. The average Bonchev–Trinajstić information content (AvgIpc) is 3.56. The van der Waals surface area contributed by atoms with Crippen molar-refractivity contribution in [1.82, 2.24) is 9.21 Å². The number of nitrogens with zero attached hydrogens (tertiary/aromatic N) is 2. The van der Waals surface area contributed by atoms with E-state index < -0.39 is 27.8 Å². The van der Waals surface area contributed by atoms with Crippen LogP contribution in [-0.2, 0) is 21.0 Å². The lowest BCUT2D eigenvalue weighted by Crippen LogP contribution is -2.37. The van der Waals surface area contributed by atoms with Crippen molar-refractivity contribution in [3.63, 3.8) is 0 Å². The van der Waals surface area contributed by atoms with Gasteiger partial charge >= 0.3 is 6.18 Å². The molecule has 0 heterocycles. The molecule has 0 spiro atoms. The lowest BCUT2D eigenvalue weighted by Gasteiger charge is -2.29. The van der Waals surface area contributed by atoms with E-state index >= 15 is 0 Å². The fourth-order valence-corrected chi connectivity index (χ4v) is 4.41. The summed E-state index contributed by atoms with van der Waals surface area (Å²) < 4.78 is 65.0. The highest BCUT2D eigenvalue weighted by Gasteiger charge is 2.35. The number of hydrogen-bond donors (Lipinski definition) is 1. The van der Waals surface area contributed by atoms with Crippen LogP contribution < -0.4 is 5.32 Å². The Morgan fingerprint density at radius 1 is 1.12 bits per heavy atom. The van der Waals surface area contributed by atoms with Gasteiger partial charge in [0.15, 0.2) is 0 Å². The number of hydrogen-bond acceptors (Lipinski definition) is 4. The molecule has 0 bridgehead atoms. The quantitative estimate of drug-likeness (QED) is 0.632. The molecule has 1 fully saturated rings. The van der Waals surface area contributed by atoms with Crippen LogP contribution in [0.5, 0.6) is 0 Å². The smallest absolute Gasteiger partial charge is 0.325 e.